The summed E-state index contributed by atoms with van der Waals surface area (Å²) in [4.78, 5) is 21.1. The number of aromatic nitrogens is 1. The molecule has 166 valence electrons. The van der Waals surface area contributed by atoms with Crippen LogP contribution in [0.25, 0.3) is 0 Å². The Labute approximate surface area is 184 Å². The summed E-state index contributed by atoms with van der Waals surface area (Å²) in [5.41, 5.74) is 1.49. The molecule has 1 fully saturated rings. The number of piperidine rings is 1. The van der Waals surface area contributed by atoms with E-state index in [9.17, 15) is 13.2 Å². The first kappa shape index (κ1) is 21.9. The van der Waals surface area contributed by atoms with Crippen LogP contribution < -0.4 is 4.90 Å². The summed E-state index contributed by atoms with van der Waals surface area (Å²) in [7, 11) is 0.0135. The van der Waals surface area contributed by atoms with Crippen LogP contribution in [0.15, 0.2) is 47.5 Å². The fourth-order valence-corrected chi connectivity index (χ4v) is 6.28. The van der Waals surface area contributed by atoms with E-state index in [0.717, 1.165) is 42.9 Å². The summed E-state index contributed by atoms with van der Waals surface area (Å²) < 4.78 is 29.4. The molecule has 1 saturated heterocycles. The fourth-order valence-electron chi connectivity index (χ4n) is 4.59. The Morgan fingerprint density at radius 3 is 2.48 bits per heavy atom. The molecule has 1 aromatic heterocycles. The number of carbonyl (C=O) groups is 1. The molecule has 1 aromatic carbocycles. The topological polar surface area (TPSA) is 73.8 Å². The fraction of sp³-hybridized carbons (Fsp3) is 0.478. The van der Waals surface area contributed by atoms with E-state index in [1.165, 1.54) is 0 Å². The summed E-state index contributed by atoms with van der Waals surface area (Å²) in [5, 5.41) is 0. The Morgan fingerprint density at radius 1 is 1.13 bits per heavy atom. The van der Waals surface area contributed by atoms with Crippen LogP contribution in [-0.4, -0.2) is 61.7 Å². The molecule has 0 spiro atoms. The maximum atomic E-state index is 13.9. The molecule has 2 aliphatic rings. The van der Waals surface area contributed by atoms with E-state index in [2.05, 4.69) is 16.9 Å². The van der Waals surface area contributed by atoms with Crippen LogP contribution in [0.5, 0.6) is 0 Å². The van der Waals surface area contributed by atoms with E-state index in [0.29, 0.717) is 0 Å². The molecule has 1 amide bonds. The van der Waals surface area contributed by atoms with Gasteiger partial charge in [0.05, 0.1) is 22.5 Å². The number of likely N-dealkylation sites (tertiary alicyclic amines) is 1. The number of nitrogens with zero attached hydrogens (tertiary/aromatic N) is 4. The lowest BCUT2D eigenvalue weighted by atomic mass is 9.86. The molecule has 0 N–H and O–H groups in total. The van der Waals surface area contributed by atoms with Gasteiger partial charge in [-0.15, -0.1) is 0 Å². The number of carbonyl (C=O) groups excluding carboxylic acids is 1. The highest BCUT2D eigenvalue weighted by molar-refractivity contribution is 7.89. The molecule has 2 aromatic rings. The van der Waals surface area contributed by atoms with Gasteiger partial charge in [0.25, 0.3) is 0 Å². The van der Waals surface area contributed by atoms with E-state index >= 15 is 0 Å². The molecular formula is C23H30N4O3S. The molecular weight excluding hydrogens is 412 g/mol. The van der Waals surface area contributed by atoms with E-state index in [1.807, 2.05) is 32.0 Å². The van der Waals surface area contributed by atoms with E-state index in [1.54, 1.807) is 40.6 Å². The van der Waals surface area contributed by atoms with Crippen molar-refractivity contribution in [3.05, 3.63) is 53.9 Å². The molecule has 3 heterocycles. The number of amides is 1. The Hall–Kier alpha value is -2.29. The van der Waals surface area contributed by atoms with Gasteiger partial charge in [0.15, 0.2) is 0 Å². The third-order valence-corrected chi connectivity index (χ3v) is 8.48. The van der Waals surface area contributed by atoms with Gasteiger partial charge in [0.2, 0.25) is 15.9 Å². The molecule has 8 heteroatoms. The number of likely N-dealkylation sites (N-methyl/N-ethyl adjacent to an activating group) is 1. The lowest BCUT2D eigenvalue weighted by Gasteiger charge is -2.36. The predicted molar refractivity (Wildman–Crippen MR) is 120 cm³/mol. The van der Waals surface area contributed by atoms with E-state index in [4.69, 9.17) is 0 Å². The average molecular weight is 443 g/mol. The van der Waals surface area contributed by atoms with Crippen molar-refractivity contribution < 1.29 is 13.2 Å². The summed E-state index contributed by atoms with van der Waals surface area (Å²) in [6.07, 6.45) is 3.24. The van der Waals surface area contributed by atoms with Gasteiger partial charge in [-0.05, 0) is 82.7 Å². The Morgan fingerprint density at radius 2 is 1.84 bits per heavy atom. The smallest absolute Gasteiger partial charge is 0.243 e. The van der Waals surface area contributed by atoms with Gasteiger partial charge in [0.1, 0.15) is 0 Å². The molecule has 0 unspecified atom stereocenters. The van der Waals surface area contributed by atoms with Gasteiger partial charge in [-0.3, -0.25) is 9.78 Å². The largest absolute Gasteiger partial charge is 0.314 e. The monoisotopic (exact) mass is 442 g/mol. The van der Waals surface area contributed by atoms with Gasteiger partial charge in [-0.1, -0.05) is 6.07 Å². The minimum absolute atomic E-state index is 0.0299. The van der Waals surface area contributed by atoms with Gasteiger partial charge in [-0.25, -0.2) is 8.42 Å². The first-order valence-electron chi connectivity index (χ1n) is 10.7. The SMILES string of the molecule is CN1CCC(N(Cc2ccccn2)S(=O)(=O)c2ccc3c(c2)C(C)(C)C(=O)N3C)CC1. The molecule has 0 aliphatic carbocycles. The zero-order valence-electron chi connectivity index (χ0n) is 18.6. The van der Waals surface area contributed by atoms with Crippen molar-refractivity contribution >= 4 is 21.6 Å². The number of pyridine rings is 1. The number of sulfonamides is 1. The second-order valence-corrected chi connectivity index (χ2v) is 11.0. The molecule has 7 nitrogen and oxygen atoms in total. The Kier molecular flexibility index (Phi) is 5.66. The lowest BCUT2D eigenvalue weighted by molar-refractivity contribution is -0.121. The minimum atomic E-state index is -3.78. The first-order chi connectivity index (χ1) is 14.6. The zero-order chi connectivity index (χ0) is 22.4. The summed E-state index contributed by atoms with van der Waals surface area (Å²) in [6, 6.07) is 10.5. The molecule has 0 radical (unpaired) electrons. The van der Waals surface area contributed by atoms with Gasteiger partial charge in [-0.2, -0.15) is 4.31 Å². The van der Waals surface area contributed by atoms with Crippen molar-refractivity contribution in [2.24, 2.45) is 0 Å². The predicted octanol–water partition coefficient (Wildman–Crippen LogP) is 2.62. The summed E-state index contributed by atoms with van der Waals surface area (Å²) in [6.45, 7) is 5.63. The van der Waals surface area contributed by atoms with Crippen LogP contribution in [0.3, 0.4) is 0 Å². The first-order valence-corrected chi connectivity index (χ1v) is 12.1. The second kappa shape index (κ2) is 8.00. The lowest BCUT2D eigenvalue weighted by Crippen LogP contribution is -2.46. The van der Waals surface area contributed by atoms with Crippen LogP contribution in [0, 0.1) is 0 Å². The van der Waals surface area contributed by atoms with Crippen LogP contribution in [0.2, 0.25) is 0 Å². The average Bonchev–Trinajstić information content (AvgIpc) is 2.93. The van der Waals surface area contributed by atoms with Crippen molar-refractivity contribution in [3.8, 4) is 0 Å². The van der Waals surface area contributed by atoms with Crippen molar-refractivity contribution in [1.82, 2.24) is 14.2 Å². The Balaban J connectivity index is 1.74. The van der Waals surface area contributed by atoms with Crippen LogP contribution >= 0.6 is 0 Å². The number of rotatable bonds is 5. The molecule has 4 rings (SSSR count). The summed E-state index contributed by atoms with van der Waals surface area (Å²) >= 11 is 0. The van der Waals surface area contributed by atoms with E-state index in [-0.39, 0.29) is 23.4 Å². The third kappa shape index (κ3) is 3.88. The minimum Gasteiger partial charge on any atom is -0.314 e. The summed E-state index contributed by atoms with van der Waals surface area (Å²) in [5.74, 6) is -0.0299. The number of hydrogen-bond donors (Lipinski definition) is 0. The molecule has 0 atom stereocenters. The van der Waals surface area contributed by atoms with Gasteiger partial charge in [0, 0.05) is 25.0 Å². The van der Waals surface area contributed by atoms with Crippen LogP contribution in [0.4, 0.5) is 5.69 Å². The molecule has 0 saturated carbocycles. The normalized spacial score (nSPS) is 19.8. The molecule has 31 heavy (non-hydrogen) atoms. The van der Waals surface area contributed by atoms with Crippen molar-refractivity contribution in [1.29, 1.82) is 0 Å². The molecule has 0 bridgehead atoms. The number of anilines is 1. The van der Waals surface area contributed by atoms with Crippen LogP contribution in [0.1, 0.15) is 37.9 Å². The maximum absolute atomic E-state index is 13.9. The van der Waals surface area contributed by atoms with Crippen molar-refractivity contribution in [2.75, 3.05) is 32.1 Å². The highest BCUT2D eigenvalue weighted by Gasteiger charge is 2.43. The second-order valence-electron chi connectivity index (χ2n) is 9.07. The number of benzene rings is 1. The highest BCUT2D eigenvalue weighted by atomic mass is 32.2. The van der Waals surface area contributed by atoms with Crippen molar-refractivity contribution in [3.63, 3.8) is 0 Å². The maximum Gasteiger partial charge on any atom is 0.243 e. The van der Waals surface area contributed by atoms with Gasteiger partial charge >= 0.3 is 0 Å². The standard InChI is InChI=1S/C23H30N4O3S/c1-23(2)20-15-19(8-9-21(20)26(4)22(23)28)31(29,30)27(16-17-7-5-6-12-24-17)18-10-13-25(3)14-11-18/h5-9,12,15,18H,10-11,13-14,16H2,1-4H3. The Bertz CT molecular complexity index is 1080. The molecule has 2 aliphatic heterocycles. The quantitative estimate of drug-likeness (QED) is 0.712. The van der Waals surface area contributed by atoms with Gasteiger partial charge < -0.3 is 9.80 Å². The zero-order valence-corrected chi connectivity index (χ0v) is 19.4. The highest BCUT2D eigenvalue weighted by Crippen LogP contribution is 2.42. The van der Waals surface area contributed by atoms with Crippen LogP contribution in [-0.2, 0) is 26.8 Å². The number of fused-ring (bicyclic) bond motifs is 1. The number of hydrogen-bond acceptors (Lipinski definition) is 5. The van der Waals surface area contributed by atoms with Crippen molar-refractivity contribution in [2.45, 2.75) is 49.6 Å². The third-order valence-electron chi connectivity index (χ3n) is 6.59. The van der Waals surface area contributed by atoms with E-state index < -0.39 is 15.4 Å².